The zero-order valence-corrected chi connectivity index (χ0v) is 4.58. The van der Waals surface area contributed by atoms with Crippen LogP contribution in [0.3, 0.4) is 0 Å². The highest BCUT2D eigenvalue weighted by molar-refractivity contribution is 4.81. The van der Waals surface area contributed by atoms with Gasteiger partial charge in [0.15, 0.2) is 6.04 Å². The minimum Gasteiger partial charge on any atom is -0.600 e. The summed E-state index contributed by atoms with van der Waals surface area (Å²) in [6, 6.07) is 0.637. The van der Waals surface area contributed by atoms with Gasteiger partial charge in [0, 0.05) is 12.8 Å². The van der Waals surface area contributed by atoms with Gasteiger partial charge < -0.3 is 5.21 Å². The maximum absolute atomic E-state index is 10.6. The Morgan fingerprint density at radius 2 is 2.38 bits per heavy atom. The van der Waals surface area contributed by atoms with Crippen molar-refractivity contribution in [3.8, 4) is 0 Å². The predicted molar refractivity (Wildman–Crippen MR) is 27.5 cm³/mol. The third-order valence-corrected chi connectivity index (χ3v) is 1.97. The van der Waals surface area contributed by atoms with Crippen molar-refractivity contribution in [1.29, 1.82) is 0 Å². The van der Waals surface area contributed by atoms with E-state index in [-0.39, 0.29) is 6.04 Å². The fourth-order valence-corrected chi connectivity index (χ4v) is 1.50. The second kappa shape index (κ2) is 1.21. The Labute approximate surface area is 47.6 Å². The molecule has 0 amide bonds. The smallest absolute Gasteiger partial charge is 0.192 e. The van der Waals surface area contributed by atoms with Gasteiger partial charge in [-0.2, -0.15) is 0 Å². The van der Waals surface area contributed by atoms with Crippen LogP contribution in [-0.4, -0.2) is 16.9 Å². The molecule has 0 N–H and O–H groups in total. The first-order valence-corrected chi connectivity index (χ1v) is 3.03. The van der Waals surface area contributed by atoms with E-state index in [0.29, 0.717) is 6.04 Å². The molecule has 0 saturated heterocycles. The van der Waals surface area contributed by atoms with E-state index in [1.807, 2.05) is 0 Å². The van der Waals surface area contributed by atoms with E-state index in [9.17, 15) is 5.21 Å². The lowest BCUT2D eigenvalue weighted by Gasteiger charge is -2.03. The van der Waals surface area contributed by atoms with Crippen molar-refractivity contribution in [2.24, 2.45) is 5.11 Å². The Kier molecular flexibility index (Phi) is 0.652. The van der Waals surface area contributed by atoms with Crippen molar-refractivity contribution < 1.29 is 4.86 Å². The van der Waals surface area contributed by atoms with Crippen molar-refractivity contribution in [3.63, 3.8) is 0 Å². The van der Waals surface area contributed by atoms with Gasteiger partial charge in [0.05, 0.1) is 0 Å². The third kappa shape index (κ3) is 0.389. The second-order valence-corrected chi connectivity index (χ2v) is 2.54. The molecular formula is C5H8N2O. The molecule has 44 valence electrons. The van der Waals surface area contributed by atoms with Gasteiger partial charge in [0.25, 0.3) is 0 Å². The van der Waals surface area contributed by atoms with Gasteiger partial charge in [-0.05, 0) is 11.5 Å². The highest BCUT2D eigenvalue weighted by Gasteiger charge is 2.38. The molecule has 1 heterocycles. The van der Waals surface area contributed by atoms with Gasteiger partial charge in [-0.1, -0.05) is 4.86 Å². The molecule has 1 saturated carbocycles. The van der Waals surface area contributed by atoms with Crippen LogP contribution in [0.25, 0.3) is 0 Å². The van der Waals surface area contributed by atoms with Crippen LogP contribution in [0.5, 0.6) is 0 Å². The highest BCUT2D eigenvalue weighted by atomic mass is 16.5. The summed E-state index contributed by atoms with van der Waals surface area (Å²) in [6.07, 6.45) is 3.23. The van der Waals surface area contributed by atoms with Crippen LogP contribution in [0, 0.1) is 5.21 Å². The molecule has 1 aliphatic heterocycles. The lowest BCUT2D eigenvalue weighted by atomic mass is 10.3. The fourth-order valence-electron chi connectivity index (χ4n) is 1.50. The van der Waals surface area contributed by atoms with E-state index in [0.717, 1.165) is 24.1 Å². The zero-order valence-electron chi connectivity index (χ0n) is 4.58. The molecule has 2 aliphatic rings. The fraction of sp³-hybridized carbons (Fsp3) is 1.00. The summed E-state index contributed by atoms with van der Waals surface area (Å²) in [5.41, 5.74) is 0. The second-order valence-electron chi connectivity index (χ2n) is 2.54. The third-order valence-electron chi connectivity index (χ3n) is 1.97. The summed E-state index contributed by atoms with van der Waals surface area (Å²) >= 11 is 0. The summed E-state index contributed by atoms with van der Waals surface area (Å²) < 4.78 is 0. The average molecular weight is 112 g/mol. The van der Waals surface area contributed by atoms with Crippen LogP contribution in [0.15, 0.2) is 5.11 Å². The molecule has 2 atom stereocenters. The standard InChI is InChI=1S/C5H8N2O/c8-7-5-2-1-4(3-5)6-7/h4-5H,1-3H2. The van der Waals surface area contributed by atoms with E-state index < -0.39 is 0 Å². The van der Waals surface area contributed by atoms with Crippen LogP contribution in [-0.2, 0) is 0 Å². The van der Waals surface area contributed by atoms with Crippen molar-refractivity contribution in [2.45, 2.75) is 31.3 Å². The van der Waals surface area contributed by atoms with E-state index in [2.05, 4.69) is 5.11 Å². The average Bonchev–Trinajstić information content (AvgIpc) is 2.23. The Morgan fingerprint density at radius 1 is 1.50 bits per heavy atom. The lowest BCUT2D eigenvalue weighted by molar-refractivity contribution is -0.557. The van der Waals surface area contributed by atoms with Gasteiger partial charge in [-0.3, -0.25) is 0 Å². The van der Waals surface area contributed by atoms with Gasteiger partial charge in [-0.15, -0.1) is 0 Å². The molecule has 1 aliphatic carbocycles. The SMILES string of the molecule is [O-][N+]1=NC2CCC1C2. The van der Waals surface area contributed by atoms with Crippen molar-refractivity contribution in [3.05, 3.63) is 5.21 Å². The Morgan fingerprint density at radius 3 is 2.62 bits per heavy atom. The van der Waals surface area contributed by atoms with Crippen LogP contribution in [0.1, 0.15) is 19.3 Å². The molecule has 0 aromatic rings. The number of hydrogen-bond acceptors (Lipinski definition) is 2. The van der Waals surface area contributed by atoms with Gasteiger partial charge >= 0.3 is 0 Å². The first-order valence-electron chi connectivity index (χ1n) is 3.03. The van der Waals surface area contributed by atoms with Crippen molar-refractivity contribution in [2.75, 3.05) is 0 Å². The number of azo groups is 1. The van der Waals surface area contributed by atoms with Crippen LogP contribution < -0.4 is 0 Å². The minimum absolute atomic E-state index is 0.250. The molecule has 3 nitrogen and oxygen atoms in total. The topological polar surface area (TPSA) is 38.4 Å². The molecule has 8 heavy (non-hydrogen) atoms. The van der Waals surface area contributed by atoms with Crippen LogP contribution in [0.2, 0.25) is 0 Å². The lowest BCUT2D eigenvalue weighted by Crippen LogP contribution is -2.12. The summed E-state index contributed by atoms with van der Waals surface area (Å²) in [7, 11) is 0. The monoisotopic (exact) mass is 112 g/mol. The molecule has 0 aromatic carbocycles. The molecule has 1 fully saturated rings. The normalized spacial score (nSPS) is 42.8. The first-order chi connectivity index (χ1) is 3.86. The van der Waals surface area contributed by atoms with Crippen molar-refractivity contribution >= 4 is 0 Å². The first kappa shape index (κ1) is 4.30. The van der Waals surface area contributed by atoms with Gasteiger partial charge in [-0.25, -0.2) is 0 Å². The maximum atomic E-state index is 10.6. The Balaban J connectivity index is 2.29. The summed E-state index contributed by atoms with van der Waals surface area (Å²) in [4.78, 5) is 0.883. The van der Waals surface area contributed by atoms with E-state index in [1.165, 1.54) is 0 Å². The summed E-state index contributed by atoms with van der Waals surface area (Å²) in [5, 5.41) is 14.4. The molecule has 2 bridgehead atoms. The molecule has 0 aromatic heterocycles. The largest absolute Gasteiger partial charge is 0.600 e. The van der Waals surface area contributed by atoms with E-state index in [4.69, 9.17) is 0 Å². The molecule has 2 rings (SSSR count). The number of hydrogen-bond donors (Lipinski definition) is 0. The summed E-state index contributed by atoms with van der Waals surface area (Å²) in [6.45, 7) is 0. The zero-order chi connectivity index (χ0) is 5.56. The number of fused-ring (bicyclic) bond motifs is 2. The number of hydroxylamine groups is 1. The molecular weight excluding hydrogens is 104 g/mol. The number of rotatable bonds is 0. The minimum atomic E-state index is 0.250. The quantitative estimate of drug-likeness (QED) is 0.338. The maximum Gasteiger partial charge on any atom is 0.192 e. The van der Waals surface area contributed by atoms with Gasteiger partial charge in [0.1, 0.15) is 6.04 Å². The van der Waals surface area contributed by atoms with Crippen molar-refractivity contribution in [1.82, 2.24) is 0 Å². The number of nitrogens with zero attached hydrogens (tertiary/aromatic N) is 2. The Bertz CT molecular complexity index is 143. The predicted octanol–water partition coefficient (Wildman–Crippen LogP) is 0.884. The Hall–Kier alpha value is -0.600. The van der Waals surface area contributed by atoms with E-state index >= 15 is 0 Å². The summed E-state index contributed by atoms with van der Waals surface area (Å²) in [5.74, 6) is 0. The molecule has 0 radical (unpaired) electrons. The van der Waals surface area contributed by atoms with E-state index in [1.54, 1.807) is 0 Å². The van der Waals surface area contributed by atoms with Gasteiger partial charge in [0.2, 0.25) is 0 Å². The van der Waals surface area contributed by atoms with Crippen LogP contribution in [0.4, 0.5) is 0 Å². The molecule has 3 heteroatoms. The highest BCUT2D eigenvalue weighted by Crippen LogP contribution is 2.30. The van der Waals surface area contributed by atoms with Crippen LogP contribution >= 0.6 is 0 Å². The molecule has 2 unspecified atom stereocenters. The molecule has 0 spiro atoms.